The van der Waals surface area contributed by atoms with Crippen molar-refractivity contribution in [1.29, 1.82) is 0 Å². The minimum atomic E-state index is -6.01. The molecular formula is C15H20F3O8PS. The molecule has 1 aromatic carbocycles. The van der Waals surface area contributed by atoms with Gasteiger partial charge in [0.2, 0.25) is 0 Å². The third-order valence-corrected chi connectivity index (χ3v) is 6.35. The Balaban J connectivity index is 3.46. The molecule has 0 unspecified atom stereocenters. The maximum absolute atomic E-state index is 13.0. The van der Waals surface area contributed by atoms with Gasteiger partial charge in [-0.3, -0.25) is 9.36 Å². The number of alkyl halides is 3. The Morgan fingerprint density at radius 1 is 1.14 bits per heavy atom. The molecule has 0 saturated carbocycles. The zero-order valence-electron chi connectivity index (χ0n) is 15.3. The summed E-state index contributed by atoms with van der Waals surface area (Å²) in [5.74, 6) is -1.39. The lowest BCUT2D eigenvalue weighted by Crippen LogP contribution is -2.30. The molecule has 8 nitrogen and oxygen atoms in total. The molecule has 0 aliphatic carbocycles. The normalized spacial score (nSPS) is 12.6. The van der Waals surface area contributed by atoms with Crippen LogP contribution in [0.5, 0.6) is 5.75 Å². The minimum Gasteiger partial charge on any atom is -0.469 e. The number of aryl methyl sites for hydroxylation is 1. The van der Waals surface area contributed by atoms with E-state index in [1.54, 1.807) is 0 Å². The average molecular weight is 448 g/mol. The van der Waals surface area contributed by atoms with Crippen LogP contribution in [0.3, 0.4) is 0 Å². The summed E-state index contributed by atoms with van der Waals surface area (Å²) in [6.07, 6.45) is 0.0226. The molecule has 0 radical (unpaired) electrons. The number of hydrogen-bond donors (Lipinski definition) is 0. The zero-order chi connectivity index (χ0) is 21.6. The lowest BCUT2D eigenvalue weighted by molar-refractivity contribution is -0.140. The fourth-order valence-electron chi connectivity index (χ4n) is 2.03. The molecule has 28 heavy (non-hydrogen) atoms. The van der Waals surface area contributed by atoms with E-state index in [4.69, 9.17) is 9.05 Å². The Labute approximate surface area is 160 Å². The predicted molar refractivity (Wildman–Crippen MR) is 92.9 cm³/mol. The molecule has 1 rings (SSSR count). The van der Waals surface area contributed by atoms with Gasteiger partial charge in [0.05, 0.1) is 20.3 Å². The summed E-state index contributed by atoms with van der Waals surface area (Å²) in [5, 5.41) is -0.494. The molecule has 0 aromatic heterocycles. The zero-order valence-corrected chi connectivity index (χ0v) is 17.0. The number of rotatable bonds is 10. The van der Waals surface area contributed by atoms with E-state index in [1.165, 1.54) is 27.0 Å². The molecular weight excluding hydrogens is 428 g/mol. The van der Waals surface area contributed by atoms with Gasteiger partial charge < -0.3 is 18.0 Å². The molecule has 160 valence electrons. The van der Waals surface area contributed by atoms with Gasteiger partial charge in [-0.25, -0.2) is 0 Å². The molecule has 0 atom stereocenters. The van der Waals surface area contributed by atoms with Crippen molar-refractivity contribution in [1.82, 2.24) is 0 Å². The maximum atomic E-state index is 13.0. The van der Waals surface area contributed by atoms with E-state index < -0.39 is 40.2 Å². The summed E-state index contributed by atoms with van der Waals surface area (Å²) in [4.78, 5) is 11.3. The molecule has 1 aromatic rings. The molecule has 0 aliphatic rings. The van der Waals surface area contributed by atoms with Gasteiger partial charge in [0.25, 0.3) is 0 Å². The van der Waals surface area contributed by atoms with Crippen LogP contribution in [0.2, 0.25) is 0 Å². The molecule has 0 saturated heterocycles. The Morgan fingerprint density at radius 3 is 2.18 bits per heavy atom. The number of carbonyl (C=O) groups excluding carboxylic acids is 1. The summed E-state index contributed by atoms with van der Waals surface area (Å²) < 4.78 is 92.6. The van der Waals surface area contributed by atoms with Crippen LogP contribution < -0.4 is 9.49 Å². The molecule has 0 bridgehead atoms. The van der Waals surface area contributed by atoms with Crippen LogP contribution in [0, 0.1) is 0 Å². The highest BCUT2D eigenvalue weighted by atomic mass is 32.2. The Morgan fingerprint density at radius 2 is 1.71 bits per heavy atom. The van der Waals surface area contributed by atoms with Crippen LogP contribution >= 0.6 is 7.60 Å². The van der Waals surface area contributed by atoms with Crippen LogP contribution in [-0.2, 0) is 39.7 Å². The predicted octanol–water partition coefficient (Wildman–Crippen LogP) is 2.91. The number of benzene rings is 1. The first kappa shape index (κ1) is 24.4. The fraction of sp³-hybridized carbons (Fsp3) is 0.533. The van der Waals surface area contributed by atoms with Gasteiger partial charge in [-0.15, -0.1) is 0 Å². The third-order valence-electron chi connectivity index (χ3n) is 3.24. The van der Waals surface area contributed by atoms with Crippen LogP contribution in [0.4, 0.5) is 13.2 Å². The van der Waals surface area contributed by atoms with Crippen molar-refractivity contribution in [3.63, 3.8) is 0 Å². The van der Waals surface area contributed by atoms with Crippen molar-refractivity contribution < 1.29 is 48.9 Å². The fourth-order valence-corrected chi connectivity index (χ4v) is 4.32. The molecule has 0 heterocycles. The van der Waals surface area contributed by atoms with E-state index in [0.717, 1.165) is 12.1 Å². The van der Waals surface area contributed by atoms with Crippen molar-refractivity contribution >= 4 is 29.0 Å². The monoisotopic (exact) mass is 448 g/mol. The van der Waals surface area contributed by atoms with Gasteiger partial charge in [-0.2, -0.15) is 21.6 Å². The van der Waals surface area contributed by atoms with Crippen molar-refractivity contribution in [2.24, 2.45) is 0 Å². The largest absolute Gasteiger partial charge is 0.534 e. The molecule has 0 N–H and O–H groups in total. The Hall–Kier alpha value is -1.62. The molecule has 0 amide bonds. The van der Waals surface area contributed by atoms with Gasteiger partial charge in [0.15, 0.2) is 5.75 Å². The molecule has 0 spiro atoms. The highest BCUT2D eigenvalue weighted by molar-refractivity contribution is 7.88. The number of halogens is 3. The quantitative estimate of drug-likeness (QED) is 0.233. The first-order chi connectivity index (χ1) is 12.9. The van der Waals surface area contributed by atoms with Crippen molar-refractivity contribution in [2.75, 3.05) is 20.3 Å². The van der Waals surface area contributed by atoms with Gasteiger partial charge in [-0.1, -0.05) is 6.07 Å². The Kier molecular flexibility index (Phi) is 8.48. The molecule has 0 aliphatic heterocycles. The summed E-state index contributed by atoms with van der Waals surface area (Å²) in [7, 11) is -9.03. The van der Waals surface area contributed by atoms with E-state index in [9.17, 15) is 30.9 Å². The van der Waals surface area contributed by atoms with Crippen LogP contribution in [0.1, 0.15) is 25.8 Å². The van der Waals surface area contributed by atoms with Gasteiger partial charge in [0, 0.05) is 6.42 Å². The van der Waals surface area contributed by atoms with Crippen molar-refractivity contribution in [3.05, 3.63) is 23.8 Å². The molecule has 13 heteroatoms. The first-order valence-electron chi connectivity index (χ1n) is 8.00. The van der Waals surface area contributed by atoms with Crippen LogP contribution in [0.25, 0.3) is 0 Å². The summed E-state index contributed by atoms with van der Waals surface area (Å²) in [6.45, 7) is 2.68. The highest BCUT2D eigenvalue weighted by Gasteiger charge is 2.49. The second-order valence-electron chi connectivity index (χ2n) is 5.19. The number of ether oxygens (including phenoxy) is 1. The number of hydrogen-bond acceptors (Lipinski definition) is 8. The van der Waals surface area contributed by atoms with Crippen LogP contribution in [-0.4, -0.2) is 40.2 Å². The summed E-state index contributed by atoms with van der Waals surface area (Å²) in [6, 6.07) is 3.25. The minimum absolute atomic E-state index is 0.0649. The lowest BCUT2D eigenvalue weighted by Gasteiger charge is -2.21. The van der Waals surface area contributed by atoms with Gasteiger partial charge in [0.1, 0.15) is 5.30 Å². The van der Waals surface area contributed by atoms with Crippen molar-refractivity contribution in [3.8, 4) is 5.75 Å². The maximum Gasteiger partial charge on any atom is 0.534 e. The second kappa shape index (κ2) is 9.73. The number of carbonyl (C=O) groups is 1. The van der Waals surface area contributed by atoms with Crippen molar-refractivity contribution in [2.45, 2.75) is 32.2 Å². The topological polar surface area (TPSA) is 105 Å². The second-order valence-corrected chi connectivity index (χ2v) is 8.73. The van der Waals surface area contributed by atoms with Crippen LogP contribution in [0.15, 0.2) is 18.2 Å². The van der Waals surface area contributed by atoms with Gasteiger partial charge in [-0.05, 0) is 38.0 Å². The summed E-state index contributed by atoms with van der Waals surface area (Å²) >= 11 is 0. The van der Waals surface area contributed by atoms with Gasteiger partial charge >= 0.3 is 29.2 Å². The first-order valence-corrected chi connectivity index (χ1v) is 11.0. The number of methoxy groups -OCH3 is 1. The van der Waals surface area contributed by atoms with E-state index in [1.807, 2.05) is 0 Å². The van der Waals surface area contributed by atoms with E-state index in [-0.39, 0.29) is 26.1 Å². The lowest BCUT2D eigenvalue weighted by atomic mass is 10.1. The molecule has 0 fully saturated rings. The smallest absolute Gasteiger partial charge is 0.469 e. The van der Waals surface area contributed by atoms with E-state index in [2.05, 4.69) is 8.92 Å². The summed E-state index contributed by atoms with van der Waals surface area (Å²) in [5.41, 5.74) is -5.33. The Bertz CT molecular complexity index is 828. The number of esters is 1. The highest BCUT2D eigenvalue weighted by Crippen LogP contribution is 2.50. The average Bonchev–Trinajstić information content (AvgIpc) is 2.59. The van der Waals surface area contributed by atoms with E-state index >= 15 is 0 Å². The van der Waals surface area contributed by atoms with E-state index in [0.29, 0.717) is 5.56 Å². The SMILES string of the molecule is CCOP(=O)(OCC)c1cc(CCC(=O)OC)ccc1OS(=O)(=O)C(F)(F)F. The third kappa shape index (κ3) is 6.20. The standard InChI is InChI=1S/C15H20F3O8PS/c1-4-24-27(20,25-5-2)13-10-11(7-9-14(19)23-3)6-8-12(13)26-28(21,22)15(16,17)18/h6,8,10H,4-5,7,9H2,1-3H3.